The number of aliphatic hydroxyl groups is 1. The predicted molar refractivity (Wildman–Crippen MR) is 71.0 cm³/mol. The minimum absolute atomic E-state index is 0.192. The molecule has 2 N–H and O–H groups in total. The second-order valence-electron chi connectivity index (χ2n) is 6.65. The highest BCUT2D eigenvalue weighted by atomic mass is 16.5. The molecule has 1 saturated heterocycles. The number of aliphatic carboxylic acids is 1. The zero-order valence-electron chi connectivity index (χ0n) is 12.3. The first kappa shape index (κ1) is 15.3. The van der Waals surface area contributed by atoms with E-state index in [9.17, 15) is 14.7 Å². The molecular formula is C14H23NO5. The predicted octanol–water partition coefficient (Wildman–Crippen LogP) is 0.343. The van der Waals surface area contributed by atoms with Gasteiger partial charge in [-0.1, -0.05) is 13.8 Å². The highest BCUT2D eigenvalue weighted by Crippen LogP contribution is 2.59. The van der Waals surface area contributed by atoms with Crippen LogP contribution in [-0.4, -0.2) is 59.4 Å². The Labute approximate surface area is 118 Å². The fraction of sp³-hybridized carbons (Fsp3) is 0.857. The van der Waals surface area contributed by atoms with Gasteiger partial charge in [-0.15, -0.1) is 0 Å². The number of likely N-dealkylation sites (N-methyl/N-ethyl adjacent to an activating group) is 1. The summed E-state index contributed by atoms with van der Waals surface area (Å²) in [4.78, 5) is 25.0. The van der Waals surface area contributed by atoms with Crippen LogP contribution in [0.5, 0.6) is 0 Å². The number of carboxylic acids is 1. The molecule has 1 aliphatic heterocycles. The smallest absolute Gasteiger partial charge is 0.307 e. The zero-order chi connectivity index (χ0) is 15.1. The first-order valence-corrected chi connectivity index (χ1v) is 6.97. The normalized spacial score (nSPS) is 30.6. The van der Waals surface area contributed by atoms with Gasteiger partial charge >= 0.3 is 5.97 Å². The Kier molecular flexibility index (Phi) is 3.81. The second kappa shape index (κ2) is 5.00. The average Bonchev–Trinajstić information content (AvgIpc) is 2.91. The van der Waals surface area contributed by atoms with Crippen LogP contribution >= 0.6 is 0 Å². The highest BCUT2D eigenvalue weighted by molar-refractivity contribution is 5.91. The molecule has 0 aromatic carbocycles. The summed E-state index contributed by atoms with van der Waals surface area (Å²) in [5, 5.41) is 19.5. The van der Waals surface area contributed by atoms with Gasteiger partial charge in [-0.05, 0) is 5.41 Å². The number of carboxylic acid groups (broad SMARTS) is 1. The number of amides is 1. The van der Waals surface area contributed by atoms with Crippen molar-refractivity contribution in [3.8, 4) is 0 Å². The molecule has 1 heterocycles. The van der Waals surface area contributed by atoms with Crippen molar-refractivity contribution < 1.29 is 24.5 Å². The van der Waals surface area contributed by atoms with Crippen molar-refractivity contribution in [1.29, 1.82) is 0 Å². The number of carbonyl (C=O) groups excluding carboxylic acids is 1. The summed E-state index contributed by atoms with van der Waals surface area (Å²) in [5.41, 5.74) is -1.42. The molecule has 0 bridgehead atoms. The zero-order valence-corrected chi connectivity index (χ0v) is 12.3. The largest absolute Gasteiger partial charge is 0.481 e. The van der Waals surface area contributed by atoms with Crippen molar-refractivity contribution in [2.75, 3.05) is 26.8 Å². The lowest BCUT2D eigenvalue weighted by molar-refractivity contribution is -0.143. The molecule has 1 amide bonds. The maximum atomic E-state index is 12.4. The van der Waals surface area contributed by atoms with Gasteiger partial charge in [0.2, 0.25) is 5.91 Å². The van der Waals surface area contributed by atoms with Gasteiger partial charge in [0.05, 0.1) is 17.4 Å². The SMILES string of the molecule is CN(CC1(O)CCOCC1)C(=O)[C@H]1[C@@H](C(=O)O)C1(C)C. The van der Waals surface area contributed by atoms with E-state index in [2.05, 4.69) is 0 Å². The van der Waals surface area contributed by atoms with Gasteiger partial charge in [0.1, 0.15) is 0 Å². The molecule has 1 saturated carbocycles. The number of hydrogen-bond donors (Lipinski definition) is 2. The van der Waals surface area contributed by atoms with Crippen LogP contribution in [0.15, 0.2) is 0 Å². The van der Waals surface area contributed by atoms with Crippen molar-refractivity contribution >= 4 is 11.9 Å². The van der Waals surface area contributed by atoms with Crippen LogP contribution in [0, 0.1) is 17.3 Å². The minimum Gasteiger partial charge on any atom is -0.481 e. The molecule has 6 nitrogen and oxygen atoms in total. The summed E-state index contributed by atoms with van der Waals surface area (Å²) in [7, 11) is 1.63. The summed E-state index contributed by atoms with van der Waals surface area (Å²) < 4.78 is 5.21. The quantitative estimate of drug-likeness (QED) is 0.778. The fourth-order valence-electron chi connectivity index (χ4n) is 3.23. The van der Waals surface area contributed by atoms with E-state index < -0.39 is 28.8 Å². The van der Waals surface area contributed by atoms with Gasteiger partial charge < -0.3 is 19.8 Å². The lowest BCUT2D eigenvalue weighted by Gasteiger charge is -2.35. The lowest BCUT2D eigenvalue weighted by atomic mass is 9.93. The van der Waals surface area contributed by atoms with Gasteiger partial charge in [-0.2, -0.15) is 0 Å². The van der Waals surface area contributed by atoms with Gasteiger partial charge in [0.15, 0.2) is 0 Å². The third kappa shape index (κ3) is 2.67. The Morgan fingerprint density at radius 2 is 1.80 bits per heavy atom. The first-order valence-electron chi connectivity index (χ1n) is 6.97. The first-order chi connectivity index (χ1) is 9.19. The van der Waals surface area contributed by atoms with Crippen LogP contribution in [-0.2, 0) is 14.3 Å². The second-order valence-corrected chi connectivity index (χ2v) is 6.65. The molecule has 2 atom stereocenters. The molecule has 0 radical (unpaired) electrons. The third-order valence-corrected chi connectivity index (χ3v) is 4.69. The average molecular weight is 285 g/mol. The van der Waals surface area contributed by atoms with Crippen LogP contribution in [0.2, 0.25) is 0 Å². The molecule has 0 unspecified atom stereocenters. The minimum atomic E-state index is -0.925. The molecule has 1 aliphatic carbocycles. The maximum absolute atomic E-state index is 12.4. The molecule has 20 heavy (non-hydrogen) atoms. The number of hydrogen-bond acceptors (Lipinski definition) is 4. The van der Waals surface area contributed by atoms with Crippen LogP contribution < -0.4 is 0 Å². The van der Waals surface area contributed by atoms with Gasteiger partial charge in [0.25, 0.3) is 0 Å². The fourth-order valence-corrected chi connectivity index (χ4v) is 3.23. The van der Waals surface area contributed by atoms with Crippen LogP contribution in [0.1, 0.15) is 26.7 Å². The Bertz CT molecular complexity index is 414. The van der Waals surface area contributed by atoms with Crippen molar-refractivity contribution in [3.63, 3.8) is 0 Å². The standard InChI is InChI=1S/C14H23NO5/c1-13(2)9(10(13)12(17)18)11(16)15(3)8-14(19)4-6-20-7-5-14/h9-10,19H,4-8H2,1-3H3,(H,17,18)/t9-,10+/m1/s1. The molecule has 2 aliphatic rings. The van der Waals surface area contributed by atoms with Gasteiger partial charge in [-0.25, -0.2) is 0 Å². The Balaban J connectivity index is 1.98. The summed E-state index contributed by atoms with van der Waals surface area (Å²) in [6, 6.07) is 0. The van der Waals surface area contributed by atoms with Crippen molar-refractivity contribution in [1.82, 2.24) is 4.90 Å². The summed E-state index contributed by atoms with van der Waals surface area (Å²) in [5.74, 6) is -2.23. The van der Waals surface area contributed by atoms with E-state index >= 15 is 0 Å². The van der Waals surface area contributed by atoms with E-state index in [1.165, 1.54) is 4.90 Å². The highest BCUT2D eigenvalue weighted by Gasteiger charge is 2.66. The molecule has 0 spiro atoms. The third-order valence-electron chi connectivity index (χ3n) is 4.69. The van der Waals surface area contributed by atoms with E-state index in [0.29, 0.717) is 26.1 Å². The molecule has 6 heteroatoms. The van der Waals surface area contributed by atoms with Crippen LogP contribution in [0.25, 0.3) is 0 Å². The topological polar surface area (TPSA) is 87.1 Å². The van der Waals surface area contributed by atoms with Gasteiger partial charge in [-0.3, -0.25) is 9.59 Å². The van der Waals surface area contributed by atoms with Gasteiger partial charge in [0, 0.05) is 39.6 Å². The molecule has 114 valence electrons. The Morgan fingerprint density at radius 1 is 1.25 bits per heavy atom. The van der Waals surface area contributed by atoms with E-state index in [4.69, 9.17) is 9.84 Å². The Hall–Kier alpha value is -1.14. The van der Waals surface area contributed by atoms with Crippen molar-refractivity contribution in [2.45, 2.75) is 32.3 Å². The van der Waals surface area contributed by atoms with E-state index in [-0.39, 0.29) is 12.5 Å². The number of nitrogens with zero attached hydrogens (tertiary/aromatic N) is 1. The monoisotopic (exact) mass is 285 g/mol. The van der Waals surface area contributed by atoms with Crippen LogP contribution in [0.4, 0.5) is 0 Å². The maximum Gasteiger partial charge on any atom is 0.307 e. The summed E-state index contributed by atoms with van der Waals surface area (Å²) >= 11 is 0. The van der Waals surface area contributed by atoms with Crippen molar-refractivity contribution in [2.24, 2.45) is 17.3 Å². The summed E-state index contributed by atoms with van der Waals surface area (Å²) in [6.45, 7) is 4.81. The van der Waals surface area contributed by atoms with Crippen LogP contribution in [0.3, 0.4) is 0 Å². The summed E-state index contributed by atoms with van der Waals surface area (Å²) in [6.07, 6.45) is 1.00. The number of rotatable bonds is 4. The Morgan fingerprint density at radius 3 is 2.25 bits per heavy atom. The molecule has 2 rings (SSSR count). The van der Waals surface area contributed by atoms with E-state index in [1.54, 1.807) is 20.9 Å². The van der Waals surface area contributed by atoms with E-state index in [1.807, 2.05) is 0 Å². The number of ether oxygens (including phenoxy) is 1. The molecule has 2 fully saturated rings. The van der Waals surface area contributed by atoms with Crippen molar-refractivity contribution in [3.05, 3.63) is 0 Å². The van der Waals surface area contributed by atoms with E-state index in [0.717, 1.165) is 0 Å². The number of carbonyl (C=O) groups is 2. The molecular weight excluding hydrogens is 262 g/mol. The lowest BCUT2D eigenvalue weighted by Crippen LogP contribution is -2.48. The molecule has 0 aromatic heterocycles. The molecule has 0 aromatic rings.